The highest BCUT2D eigenvalue weighted by atomic mass is 16.5. The Bertz CT molecular complexity index is 843. The van der Waals surface area contributed by atoms with Gasteiger partial charge in [-0.15, -0.1) is 0 Å². The maximum absolute atomic E-state index is 12.7. The Morgan fingerprint density at radius 2 is 1.96 bits per heavy atom. The lowest BCUT2D eigenvalue weighted by Crippen LogP contribution is -2.34. The van der Waals surface area contributed by atoms with Gasteiger partial charge in [-0.05, 0) is 36.8 Å². The number of ether oxygens (including phenoxy) is 1. The zero-order valence-electron chi connectivity index (χ0n) is 15.6. The Morgan fingerprint density at radius 3 is 2.67 bits per heavy atom. The molecule has 1 N–H and O–H groups in total. The van der Waals surface area contributed by atoms with Crippen molar-refractivity contribution in [3.05, 3.63) is 65.2 Å². The highest BCUT2D eigenvalue weighted by Crippen LogP contribution is 2.19. The SMILES string of the molecule is CCN(CCC(=O)NC)C(=O)c1cccc(COc2ccccc2C#N)c1. The molecule has 0 aliphatic carbocycles. The first-order valence-electron chi connectivity index (χ1n) is 8.79. The van der Waals surface area contributed by atoms with Gasteiger partial charge in [0, 0.05) is 32.1 Å². The number of rotatable bonds is 8. The second-order valence-corrected chi connectivity index (χ2v) is 5.91. The van der Waals surface area contributed by atoms with Crippen LogP contribution < -0.4 is 10.1 Å². The molecular weight excluding hydrogens is 342 g/mol. The molecule has 0 aromatic heterocycles. The summed E-state index contributed by atoms with van der Waals surface area (Å²) in [5, 5.41) is 11.7. The molecule has 0 saturated heterocycles. The number of amides is 2. The van der Waals surface area contributed by atoms with E-state index in [9.17, 15) is 9.59 Å². The van der Waals surface area contributed by atoms with E-state index in [0.717, 1.165) is 5.56 Å². The molecular formula is C21H23N3O3. The normalized spacial score (nSPS) is 9.96. The van der Waals surface area contributed by atoms with Gasteiger partial charge in [-0.1, -0.05) is 24.3 Å². The van der Waals surface area contributed by atoms with E-state index in [4.69, 9.17) is 10.00 Å². The first-order chi connectivity index (χ1) is 13.1. The molecule has 6 heteroatoms. The van der Waals surface area contributed by atoms with Gasteiger partial charge in [0.2, 0.25) is 5.91 Å². The van der Waals surface area contributed by atoms with Gasteiger partial charge in [0.15, 0.2) is 0 Å². The zero-order valence-corrected chi connectivity index (χ0v) is 15.6. The molecule has 0 spiro atoms. The quantitative estimate of drug-likeness (QED) is 0.780. The molecule has 27 heavy (non-hydrogen) atoms. The molecule has 0 heterocycles. The van der Waals surface area contributed by atoms with Crippen LogP contribution in [-0.4, -0.2) is 36.9 Å². The molecule has 0 fully saturated rings. The molecule has 140 valence electrons. The molecule has 0 aliphatic rings. The second-order valence-electron chi connectivity index (χ2n) is 5.91. The summed E-state index contributed by atoms with van der Waals surface area (Å²) in [5.74, 6) is 0.290. The number of nitrogens with zero attached hydrogens (tertiary/aromatic N) is 2. The lowest BCUT2D eigenvalue weighted by molar-refractivity contribution is -0.120. The van der Waals surface area contributed by atoms with Crippen molar-refractivity contribution in [1.29, 1.82) is 5.26 Å². The molecule has 2 aromatic rings. The van der Waals surface area contributed by atoms with E-state index in [1.807, 2.05) is 19.1 Å². The number of para-hydroxylation sites is 1. The van der Waals surface area contributed by atoms with E-state index in [2.05, 4.69) is 11.4 Å². The van der Waals surface area contributed by atoms with E-state index in [-0.39, 0.29) is 24.8 Å². The molecule has 2 rings (SSSR count). The smallest absolute Gasteiger partial charge is 0.253 e. The van der Waals surface area contributed by atoms with Crippen molar-refractivity contribution in [2.75, 3.05) is 20.1 Å². The maximum Gasteiger partial charge on any atom is 0.253 e. The third kappa shape index (κ3) is 5.58. The molecule has 2 amide bonds. The number of hydrogen-bond acceptors (Lipinski definition) is 4. The van der Waals surface area contributed by atoms with E-state index in [1.165, 1.54) is 0 Å². The first-order valence-corrected chi connectivity index (χ1v) is 8.79. The molecule has 0 unspecified atom stereocenters. The molecule has 6 nitrogen and oxygen atoms in total. The van der Waals surface area contributed by atoms with Gasteiger partial charge in [0.05, 0.1) is 5.56 Å². The zero-order chi connectivity index (χ0) is 19.6. The second kappa shape index (κ2) is 9.97. The Balaban J connectivity index is 2.06. The summed E-state index contributed by atoms with van der Waals surface area (Å²) in [4.78, 5) is 25.8. The Morgan fingerprint density at radius 1 is 1.19 bits per heavy atom. The van der Waals surface area contributed by atoms with Gasteiger partial charge >= 0.3 is 0 Å². The van der Waals surface area contributed by atoms with E-state index >= 15 is 0 Å². The van der Waals surface area contributed by atoms with Gasteiger partial charge in [-0.2, -0.15) is 5.26 Å². The van der Waals surface area contributed by atoms with Crippen LogP contribution in [0.4, 0.5) is 0 Å². The lowest BCUT2D eigenvalue weighted by Gasteiger charge is -2.21. The van der Waals surface area contributed by atoms with Crippen molar-refractivity contribution in [3.8, 4) is 11.8 Å². The van der Waals surface area contributed by atoms with Gasteiger partial charge in [-0.25, -0.2) is 0 Å². The Labute approximate surface area is 159 Å². The first kappa shape index (κ1) is 20.0. The monoisotopic (exact) mass is 365 g/mol. The number of hydrogen-bond donors (Lipinski definition) is 1. The number of nitriles is 1. The van der Waals surface area contributed by atoms with Crippen molar-refractivity contribution >= 4 is 11.8 Å². The van der Waals surface area contributed by atoms with Crippen LogP contribution in [0.15, 0.2) is 48.5 Å². The summed E-state index contributed by atoms with van der Waals surface area (Å²) in [6.45, 7) is 3.02. The minimum absolute atomic E-state index is 0.0976. The van der Waals surface area contributed by atoms with Crippen molar-refractivity contribution in [3.63, 3.8) is 0 Å². The fourth-order valence-corrected chi connectivity index (χ4v) is 2.59. The standard InChI is InChI=1S/C21H23N3O3/c1-3-24(12-11-20(25)23-2)21(26)17-9-6-7-16(13-17)15-27-19-10-5-4-8-18(19)14-22/h4-10,13H,3,11-12,15H2,1-2H3,(H,23,25). The van der Waals surface area contributed by atoms with Gasteiger partial charge in [0.25, 0.3) is 5.91 Å². The fourth-order valence-electron chi connectivity index (χ4n) is 2.59. The van der Waals surface area contributed by atoms with Crippen LogP contribution in [-0.2, 0) is 11.4 Å². The molecule has 0 bridgehead atoms. The average molecular weight is 365 g/mol. The summed E-state index contributed by atoms with van der Waals surface area (Å²) in [6.07, 6.45) is 0.268. The van der Waals surface area contributed by atoms with Gasteiger partial charge in [-0.3, -0.25) is 9.59 Å². The highest BCUT2D eigenvalue weighted by Gasteiger charge is 2.15. The van der Waals surface area contributed by atoms with Gasteiger partial charge in [0.1, 0.15) is 18.4 Å². The van der Waals surface area contributed by atoms with Gasteiger partial charge < -0.3 is 15.0 Å². The summed E-state index contributed by atoms with van der Waals surface area (Å²) < 4.78 is 5.73. The molecule has 2 aromatic carbocycles. The van der Waals surface area contributed by atoms with Crippen molar-refractivity contribution in [2.24, 2.45) is 0 Å². The summed E-state index contributed by atoms with van der Waals surface area (Å²) in [6, 6.07) is 16.3. The predicted molar refractivity (Wildman–Crippen MR) is 102 cm³/mol. The predicted octanol–water partition coefficient (Wildman–Crippen LogP) is 2.74. The Kier molecular flexibility index (Phi) is 7.38. The number of benzene rings is 2. The molecule has 0 radical (unpaired) electrons. The van der Waals surface area contributed by atoms with E-state index in [1.54, 1.807) is 48.3 Å². The number of carbonyl (C=O) groups excluding carboxylic acids is 2. The molecule has 0 aliphatic heterocycles. The van der Waals surface area contributed by atoms with Crippen molar-refractivity contribution < 1.29 is 14.3 Å². The minimum Gasteiger partial charge on any atom is -0.488 e. The van der Waals surface area contributed by atoms with Crippen LogP contribution >= 0.6 is 0 Å². The third-order valence-electron chi connectivity index (χ3n) is 4.13. The Hall–Kier alpha value is -3.33. The summed E-state index contributed by atoms with van der Waals surface area (Å²) in [7, 11) is 1.58. The highest BCUT2D eigenvalue weighted by molar-refractivity contribution is 5.94. The lowest BCUT2D eigenvalue weighted by atomic mass is 10.1. The van der Waals surface area contributed by atoms with Crippen molar-refractivity contribution in [1.82, 2.24) is 10.2 Å². The van der Waals surface area contributed by atoms with Crippen LogP contribution in [0.5, 0.6) is 5.75 Å². The van der Waals surface area contributed by atoms with Crippen LogP contribution in [0.2, 0.25) is 0 Å². The van der Waals surface area contributed by atoms with E-state index in [0.29, 0.717) is 30.0 Å². The topological polar surface area (TPSA) is 82.4 Å². The van der Waals surface area contributed by atoms with Crippen LogP contribution in [0.25, 0.3) is 0 Å². The van der Waals surface area contributed by atoms with E-state index < -0.39 is 0 Å². The third-order valence-corrected chi connectivity index (χ3v) is 4.13. The molecule has 0 atom stereocenters. The largest absolute Gasteiger partial charge is 0.488 e. The van der Waals surface area contributed by atoms with Crippen LogP contribution in [0.3, 0.4) is 0 Å². The van der Waals surface area contributed by atoms with Crippen LogP contribution in [0.1, 0.15) is 34.8 Å². The number of nitrogens with one attached hydrogen (secondary N) is 1. The maximum atomic E-state index is 12.7. The summed E-state index contributed by atoms with van der Waals surface area (Å²) >= 11 is 0. The number of carbonyl (C=O) groups is 2. The van der Waals surface area contributed by atoms with Crippen LogP contribution in [0, 0.1) is 11.3 Å². The molecule has 0 saturated carbocycles. The minimum atomic E-state index is -0.124. The fraction of sp³-hybridized carbons (Fsp3) is 0.286. The summed E-state index contributed by atoms with van der Waals surface area (Å²) in [5.41, 5.74) is 1.84. The average Bonchev–Trinajstić information content (AvgIpc) is 2.72. The van der Waals surface area contributed by atoms with Crippen molar-refractivity contribution in [2.45, 2.75) is 20.0 Å².